The smallest absolute Gasteiger partial charge is 0.323 e. The molecule has 27 heavy (non-hydrogen) atoms. The van der Waals surface area contributed by atoms with E-state index >= 15 is 0 Å². The Bertz CT molecular complexity index is 780. The maximum atomic E-state index is 12.5. The molecule has 1 N–H and O–H groups in total. The number of benzene rings is 1. The molecule has 0 radical (unpaired) electrons. The SMILES string of the molecule is COC(=O)Cc1csc(NC(=O)N2CCC(N(C)Cc3ccccc3)C2)n1. The number of nitrogens with one attached hydrogen (secondary N) is 1. The fraction of sp³-hybridized carbons (Fsp3) is 0.421. The second kappa shape index (κ2) is 8.96. The minimum Gasteiger partial charge on any atom is -0.469 e. The first kappa shape index (κ1) is 19.3. The van der Waals surface area contributed by atoms with Crippen molar-refractivity contribution in [1.29, 1.82) is 0 Å². The van der Waals surface area contributed by atoms with Crippen LogP contribution in [0.1, 0.15) is 17.7 Å². The van der Waals surface area contributed by atoms with Crippen molar-refractivity contribution in [2.75, 3.05) is 32.6 Å². The Labute approximate surface area is 162 Å². The Morgan fingerprint density at radius 3 is 2.89 bits per heavy atom. The van der Waals surface area contributed by atoms with Crippen LogP contribution in [0.15, 0.2) is 35.7 Å². The summed E-state index contributed by atoms with van der Waals surface area (Å²) in [6, 6.07) is 10.5. The summed E-state index contributed by atoms with van der Waals surface area (Å²) in [5, 5.41) is 5.09. The van der Waals surface area contributed by atoms with E-state index in [1.165, 1.54) is 24.0 Å². The van der Waals surface area contributed by atoms with E-state index in [1.54, 1.807) is 5.38 Å². The quantitative estimate of drug-likeness (QED) is 0.770. The number of methoxy groups -OCH3 is 1. The van der Waals surface area contributed by atoms with Crippen LogP contribution >= 0.6 is 11.3 Å². The number of urea groups is 1. The average molecular weight is 388 g/mol. The number of ether oxygens (including phenoxy) is 1. The van der Waals surface area contributed by atoms with Crippen LogP contribution in [0, 0.1) is 0 Å². The zero-order valence-corrected chi connectivity index (χ0v) is 16.4. The number of nitrogens with zero attached hydrogens (tertiary/aromatic N) is 3. The summed E-state index contributed by atoms with van der Waals surface area (Å²) < 4.78 is 4.63. The van der Waals surface area contributed by atoms with E-state index in [1.807, 2.05) is 23.1 Å². The number of amides is 2. The highest BCUT2D eigenvalue weighted by Gasteiger charge is 2.29. The topological polar surface area (TPSA) is 74.8 Å². The van der Waals surface area contributed by atoms with Gasteiger partial charge < -0.3 is 9.64 Å². The number of carbonyl (C=O) groups excluding carboxylic acids is 2. The fourth-order valence-electron chi connectivity index (χ4n) is 3.12. The van der Waals surface area contributed by atoms with E-state index in [4.69, 9.17) is 0 Å². The highest BCUT2D eigenvalue weighted by Crippen LogP contribution is 2.20. The van der Waals surface area contributed by atoms with E-state index in [-0.39, 0.29) is 18.4 Å². The third-order valence-corrected chi connectivity index (χ3v) is 5.47. The number of likely N-dealkylation sites (N-methyl/N-ethyl adjacent to an activating group) is 1. The van der Waals surface area contributed by atoms with Crippen molar-refractivity contribution < 1.29 is 14.3 Å². The molecule has 0 saturated carbocycles. The van der Waals surface area contributed by atoms with Crippen LogP contribution in [0.2, 0.25) is 0 Å². The first-order chi connectivity index (χ1) is 13.0. The number of esters is 1. The summed E-state index contributed by atoms with van der Waals surface area (Å²) in [4.78, 5) is 32.2. The molecule has 2 heterocycles. The van der Waals surface area contributed by atoms with Gasteiger partial charge in [-0.25, -0.2) is 9.78 Å². The highest BCUT2D eigenvalue weighted by atomic mass is 32.1. The van der Waals surface area contributed by atoms with Crippen LogP contribution < -0.4 is 5.32 Å². The molecule has 1 fully saturated rings. The normalized spacial score (nSPS) is 16.6. The second-order valence-electron chi connectivity index (χ2n) is 6.62. The minimum absolute atomic E-state index is 0.110. The molecule has 0 bridgehead atoms. The first-order valence-electron chi connectivity index (χ1n) is 8.86. The molecule has 0 aliphatic carbocycles. The molecule has 2 amide bonds. The minimum atomic E-state index is -0.345. The molecule has 1 aromatic carbocycles. The Morgan fingerprint density at radius 2 is 2.15 bits per heavy atom. The van der Waals surface area contributed by atoms with E-state index < -0.39 is 0 Å². The largest absolute Gasteiger partial charge is 0.469 e. The van der Waals surface area contributed by atoms with Gasteiger partial charge in [0.05, 0.1) is 19.2 Å². The van der Waals surface area contributed by atoms with Crippen LogP contribution in [0.3, 0.4) is 0 Å². The predicted octanol–water partition coefficient (Wildman–Crippen LogP) is 2.60. The monoisotopic (exact) mass is 388 g/mol. The fourth-order valence-corrected chi connectivity index (χ4v) is 3.82. The predicted molar refractivity (Wildman–Crippen MR) is 105 cm³/mol. The van der Waals surface area contributed by atoms with Crippen molar-refractivity contribution in [2.24, 2.45) is 0 Å². The maximum absolute atomic E-state index is 12.5. The zero-order valence-electron chi connectivity index (χ0n) is 15.6. The number of rotatable bonds is 6. The summed E-state index contributed by atoms with van der Waals surface area (Å²) in [5.41, 5.74) is 1.87. The Balaban J connectivity index is 1.49. The molecule has 1 aliphatic heterocycles. The Kier molecular flexibility index (Phi) is 6.41. The van der Waals surface area contributed by atoms with Crippen LogP contribution in [-0.4, -0.2) is 60.1 Å². The summed E-state index contributed by atoms with van der Waals surface area (Å²) in [6.45, 7) is 2.27. The van der Waals surface area contributed by atoms with Gasteiger partial charge in [0.15, 0.2) is 5.13 Å². The molecule has 7 nitrogen and oxygen atoms in total. The number of carbonyl (C=O) groups is 2. The lowest BCUT2D eigenvalue weighted by atomic mass is 10.1. The lowest BCUT2D eigenvalue weighted by Crippen LogP contribution is -2.38. The van der Waals surface area contributed by atoms with Crippen molar-refractivity contribution in [3.8, 4) is 0 Å². The van der Waals surface area contributed by atoms with Crippen molar-refractivity contribution in [3.05, 3.63) is 47.0 Å². The molecule has 1 aliphatic rings. The number of hydrogen-bond acceptors (Lipinski definition) is 6. The summed E-state index contributed by atoms with van der Waals surface area (Å²) in [7, 11) is 3.44. The molecular weight excluding hydrogens is 364 g/mol. The van der Waals surface area contributed by atoms with Gasteiger partial charge in [-0.1, -0.05) is 30.3 Å². The van der Waals surface area contributed by atoms with Gasteiger partial charge in [0.2, 0.25) is 0 Å². The molecule has 144 valence electrons. The molecule has 2 aromatic rings. The first-order valence-corrected chi connectivity index (χ1v) is 9.74. The summed E-state index contributed by atoms with van der Waals surface area (Å²) >= 11 is 1.31. The Hall–Kier alpha value is -2.45. The number of thiazole rings is 1. The molecule has 3 rings (SSSR count). The van der Waals surface area contributed by atoms with Crippen molar-refractivity contribution in [3.63, 3.8) is 0 Å². The van der Waals surface area contributed by atoms with Crippen LogP contribution in [0.25, 0.3) is 0 Å². The van der Waals surface area contributed by atoms with Gasteiger partial charge in [-0.05, 0) is 19.0 Å². The number of anilines is 1. The van der Waals surface area contributed by atoms with Crippen LogP contribution in [0.5, 0.6) is 0 Å². The van der Waals surface area contributed by atoms with Gasteiger partial charge in [0.25, 0.3) is 0 Å². The standard InChI is InChI=1S/C19H24N4O3S/c1-22(11-14-6-4-3-5-7-14)16-8-9-23(12-16)19(25)21-18-20-15(13-27-18)10-17(24)26-2/h3-7,13,16H,8-12H2,1-2H3,(H,20,21,25). The number of hydrogen-bond donors (Lipinski definition) is 1. The van der Waals surface area contributed by atoms with Gasteiger partial charge in [-0.2, -0.15) is 0 Å². The maximum Gasteiger partial charge on any atom is 0.323 e. The van der Waals surface area contributed by atoms with Gasteiger partial charge in [0, 0.05) is 31.1 Å². The van der Waals surface area contributed by atoms with Gasteiger partial charge in [-0.15, -0.1) is 11.3 Å². The van der Waals surface area contributed by atoms with Crippen LogP contribution in [-0.2, 0) is 22.5 Å². The zero-order chi connectivity index (χ0) is 19.2. The second-order valence-corrected chi connectivity index (χ2v) is 7.47. The van der Waals surface area contributed by atoms with Crippen molar-refractivity contribution in [2.45, 2.75) is 25.4 Å². The molecule has 1 atom stereocenters. The van der Waals surface area contributed by atoms with Crippen molar-refractivity contribution >= 4 is 28.5 Å². The van der Waals surface area contributed by atoms with E-state index in [2.05, 4.69) is 39.1 Å². The van der Waals surface area contributed by atoms with E-state index in [0.29, 0.717) is 23.4 Å². The van der Waals surface area contributed by atoms with Gasteiger partial charge in [-0.3, -0.25) is 15.0 Å². The average Bonchev–Trinajstić information content (AvgIpc) is 3.32. The number of aromatic nitrogens is 1. The number of likely N-dealkylation sites (tertiary alicyclic amines) is 1. The van der Waals surface area contributed by atoms with Crippen molar-refractivity contribution in [1.82, 2.24) is 14.8 Å². The highest BCUT2D eigenvalue weighted by molar-refractivity contribution is 7.13. The van der Waals surface area contributed by atoms with E-state index in [0.717, 1.165) is 19.5 Å². The Morgan fingerprint density at radius 1 is 1.37 bits per heavy atom. The molecule has 8 heteroatoms. The molecule has 0 spiro atoms. The van der Waals surface area contributed by atoms with Gasteiger partial charge in [0.1, 0.15) is 0 Å². The van der Waals surface area contributed by atoms with Crippen LogP contribution in [0.4, 0.5) is 9.93 Å². The molecule has 1 saturated heterocycles. The van der Waals surface area contributed by atoms with E-state index in [9.17, 15) is 9.59 Å². The third-order valence-electron chi connectivity index (χ3n) is 4.67. The third kappa shape index (κ3) is 5.27. The lowest BCUT2D eigenvalue weighted by Gasteiger charge is -2.24. The summed E-state index contributed by atoms with van der Waals surface area (Å²) in [5.74, 6) is -0.345. The lowest BCUT2D eigenvalue weighted by molar-refractivity contribution is -0.139. The summed E-state index contributed by atoms with van der Waals surface area (Å²) in [6.07, 6.45) is 1.06. The van der Waals surface area contributed by atoms with Gasteiger partial charge >= 0.3 is 12.0 Å². The molecular formula is C19H24N4O3S. The molecule has 1 aromatic heterocycles. The molecule has 1 unspecified atom stereocenters.